The number of ether oxygens (including phenoxy) is 1. The molecule has 1 aromatic carbocycles. The number of carbonyl (C=O) groups is 2. The lowest BCUT2D eigenvalue weighted by Gasteiger charge is -2.06. The second-order valence-electron chi connectivity index (χ2n) is 5.50. The van der Waals surface area contributed by atoms with Gasteiger partial charge in [-0.1, -0.05) is 38.1 Å². The number of rotatable bonds is 8. The second kappa shape index (κ2) is 8.51. The minimum Gasteiger partial charge on any atom is -0.469 e. The van der Waals surface area contributed by atoms with Gasteiger partial charge in [-0.2, -0.15) is 0 Å². The molecule has 0 N–H and O–H groups in total. The van der Waals surface area contributed by atoms with Crippen molar-refractivity contribution in [3.05, 3.63) is 35.4 Å². The number of carbonyl (C=O) groups excluding carboxylic acids is 2. The summed E-state index contributed by atoms with van der Waals surface area (Å²) >= 11 is 0. The molecule has 0 saturated heterocycles. The number of unbranched alkanes of at least 4 members (excludes halogenated alkanes) is 1. The SMILES string of the molecule is COC(=O)CCCCC(=O)c1ccc(CC(C)C)cc1. The Bertz CT molecular complexity index is 432. The molecule has 0 heterocycles. The summed E-state index contributed by atoms with van der Waals surface area (Å²) in [7, 11) is 1.38. The van der Waals surface area contributed by atoms with E-state index < -0.39 is 0 Å². The number of ketones is 1. The molecule has 0 aliphatic rings. The van der Waals surface area contributed by atoms with Crippen LogP contribution in [0.5, 0.6) is 0 Å². The van der Waals surface area contributed by atoms with Gasteiger partial charge in [-0.3, -0.25) is 9.59 Å². The van der Waals surface area contributed by atoms with Crippen LogP contribution < -0.4 is 0 Å². The first-order valence-electron chi connectivity index (χ1n) is 7.22. The number of hydrogen-bond acceptors (Lipinski definition) is 3. The highest BCUT2D eigenvalue weighted by Gasteiger charge is 2.07. The van der Waals surface area contributed by atoms with Crippen LogP contribution in [0.15, 0.2) is 24.3 Å². The van der Waals surface area contributed by atoms with Gasteiger partial charge in [0.25, 0.3) is 0 Å². The Morgan fingerprint density at radius 1 is 1.05 bits per heavy atom. The summed E-state index contributed by atoms with van der Waals surface area (Å²) in [4.78, 5) is 22.9. The van der Waals surface area contributed by atoms with E-state index in [9.17, 15) is 9.59 Å². The maximum Gasteiger partial charge on any atom is 0.305 e. The Morgan fingerprint density at radius 2 is 1.65 bits per heavy atom. The Kier molecular flexibility index (Phi) is 6.99. The summed E-state index contributed by atoms with van der Waals surface area (Å²) < 4.78 is 4.56. The zero-order valence-electron chi connectivity index (χ0n) is 12.6. The monoisotopic (exact) mass is 276 g/mol. The molecular formula is C17H24O3. The number of Topliss-reactive ketones (excluding diaryl/α,β-unsaturated/α-hetero) is 1. The van der Waals surface area contributed by atoms with Crippen LogP contribution in [0.2, 0.25) is 0 Å². The molecular weight excluding hydrogens is 252 g/mol. The topological polar surface area (TPSA) is 43.4 Å². The van der Waals surface area contributed by atoms with E-state index in [2.05, 4.69) is 18.6 Å². The minimum atomic E-state index is -0.213. The lowest BCUT2D eigenvalue weighted by molar-refractivity contribution is -0.140. The molecule has 0 spiro atoms. The van der Waals surface area contributed by atoms with E-state index in [1.54, 1.807) is 0 Å². The molecule has 0 atom stereocenters. The minimum absolute atomic E-state index is 0.144. The van der Waals surface area contributed by atoms with Crippen molar-refractivity contribution in [2.45, 2.75) is 46.0 Å². The highest BCUT2D eigenvalue weighted by Crippen LogP contribution is 2.13. The van der Waals surface area contributed by atoms with Crippen molar-refractivity contribution in [2.75, 3.05) is 7.11 Å². The fourth-order valence-electron chi connectivity index (χ4n) is 2.10. The van der Waals surface area contributed by atoms with Crippen molar-refractivity contribution >= 4 is 11.8 Å². The largest absolute Gasteiger partial charge is 0.469 e. The van der Waals surface area contributed by atoms with E-state index in [1.807, 2.05) is 24.3 Å². The summed E-state index contributed by atoms with van der Waals surface area (Å²) in [5.74, 6) is 0.552. The van der Waals surface area contributed by atoms with Crippen molar-refractivity contribution in [1.29, 1.82) is 0 Å². The predicted molar refractivity (Wildman–Crippen MR) is 79.8 cm³/mol. The van der Waals surface area contributed by atoms with Crippen molar-refractivity contribution in [3.8, 4) is 0 Å². The Morgan fingerprint density at radius 3 is 2.20 bits per heavy atom. The van der Waals surface area contributed by atoms with E-state index in [-0.39, 0.29) is 11.8 Å². The molecule has 0 aliphatic carbocycles. The highest BCUT2D eigenvalue weighted by atomic mass is 16.5. The van der Waals surface area contributed by atoms with Crippen molar-refractivity contribution in [3.63, 3.8) is 0 Å². The summed E-state index contributed by atoms with van der Waals surface area (Å²) in [6, 6.07) is 7.87. The molecule has 0 aliphatic heterocycles. The first kappa shape index (κ1) is 16.4. The Labute approximate surface area is 121 Å². The second-order valence-corrected chi connectivity index (χ2v) is 5.50. The molecule has 0 amide bonds. The van der Waals surface area contributed by atoms with Crippen LogP contribution >= 0.6 is 0 Å². The molecule has 0 unspecified atom stereocenters. The van der Waals surface area contributed by atoms with Gasteiger partial charge in [-0.05, 0) is 30.7 Å². The number of hydrogen-bond donors (Lipinski definition) is 0. The number of benzene rings is 1. The van der Waals surface area contributed by atoms with Gasteiger partial charge in [0.1, 0.15) is 0 Å². The Balaban J connectivity index is 2.38. The zero-order chi connectivity index (χ0) is 15.0. The van der Waals surface area contributed by atoms with E-state index in [4.69, 9.17) is 0 Å². The molecule has 3 nitrogen and oxygen atoms in total. The lowest BCUT2D eigenvalue weighted by Crippen LogP contribution is -2.02. The normalized spacial score (nSPS) is 10.6. The van der Waals surface area contributed by atoms with Crippen LogP contribution in [0, 0.1) is 5.92 Å². The fraction of sp³-hybridized carbons (Fsp3) is 0.529. The third-order valence-electron chi connectivity index (χ3n) is 3.18. The molecule has 1 rings (SSSR count). The van der Waals surface area contributed by atoms with E-state index in [1.165, 1.54) is 12.7 Å². The van der Waals surface area contributed by atoms with Crippen LogP contribution in [-0.2, 0) is 16.0 Å². The maximum absolute atomic E-state index is 12.0. The summed E-state index contributed by atoms with van der Waals surface area (Å²) in [5.41, 5.74) is 2.03. The number of methoxy groups -OCH3 is 1. The fourth-order valence-corrected chi connectivity index (χ4v) is 2.10. The van der Waals surface area contributed by atoms with Gasteiger partial charge in [-0.15, -0.1) is 0 Å². The van der Waals surface area contributed by atoms with E-state index in [0.717, 1.165) is 18.4 Å². The third kappa shape index (κ3) is 6.00. The van der Waals surface area contributed by atoms with Gasteiger partial charge in [0, 0.05) is 18.4 Å². The van der Waals surface area contributed by atoms with Crippen LogP contribution in [0.4, 0.5) is 0 Å². The molecule has 1 aromatic rings. The van der Waals surface area contributed by atoms with Gasteiger partial charge in [-0.25, -0.2) is 0 Å². The van der Waals surface area contributed by atoms with Gasteiger partial charge < -0.3 is 4.74 Å². The smallest absolute Gasteiger partial charge is 0.305 e. The molecule has 3 heteroatoms. The van der Waals surface area contributed by atoms with Crippen LogP contribution in [-0.4, -0.2) is 18.9 Å². The molecule has 0 bridgehead atoms. The lowest BCUT2D eigenvalue weighted by atomic mass is 9.99. The summed E-state index contributed by atoms with van der Waals surface area (Å²) in [6.07, 6.45) is 3.33. The van der Waals surface area contributed by atoms with Gasteiger partial charge >= 0.3 is 5.97 Å². The molecule has 0 saturated carbocycles. The van der Waals surface area contributed by atoms with Gasteiger partial charge in [0.15, 0.2) is 5.78 Å². The van der Waals surface area contributed by atoms with Gasteiger partial charge in [0.05, 0.1) is 7.11 Å². The Hall–Kier alpha value is -1.64. The average Bonchev–Trinajstić information content (AvgIpc) is 2.43. The van der Waals surface area contributed by atoms with Crippen LogP contribution in [0.3, 0.4) is 0 Å². The highest BCUT2D eigenvalue weighted by molar-refractivity contribution is 5.96. The summed E-state index contributed by atoms with van der Waals surface area (Å²) in [6.45, 7) is 4.36. The van der Waals surface area contributed by atoms with Gasteiger partial charge in [0.2, 0.25) is 0 Å². The quantitative estimate of drug-likeness (QED) is 0.412. The average molecular weight is 276 g/mol. The molecule has 110 valence electrons. The van der Waals surface area contributed by atoms with Crippen LogP contribution in [0.1, 0.15) is 55.5 Å². The standard InChI is InChI=1S/C17H24O3/c1-13(2)12-14-8-10-15(11-9-14)16(18)6-4-5-7-17(19)20-3/h8-11,13H,4-7,12H2,1-3H3. The maximum atomic E-state index is 12.0. The third-order valence-corrected chi connectivity index (χ3v) is 3.18. The van der Waals surface area contributed by atoms with Crippen molar-refractivity contribution in [1.82, 2.24) is 0 Å². The first-order valence-corrected chi connectivity index (χ1v) is 7.22. The molecule has 20 heavy (non-hydrogen) atoms. The number of esters is 1. The predicted octanol–water partition coefficient (Wildman–Crippen LogP) is 3.80. The van der Waals surface area contributed by atoms with Crippen molar-refractivity contribution in [2.24, 2.45) is 5.92 Å². The van der Waals surface area contributed by atoms with E-state index >= 15 is 0 Å². The zero-order valence-corrected chi connectivity index (χ0v) is 12.6. The molecule has 0 fully saturated rings. The molecule has 0 aromatic heterocycles. The summed E-state index contributed by atoms with van der Waals surface area (Å²) in [5, 5.41) is 0. The van der Waals surface area contributed by atoms with Crippen LogP contribution in [0.25, 0.3) is 0 Å². The first-order chi connectivity index (χ1) is 9.52. The molecule has 0 radical (unpaired) electrons. The van der Waals surface area contributed by atoms with E-state index in [0.29, 0.717) is 25.2 Å². The van der Waals surface area contributed by atoms with Crippen molar-refractivity contribution < 1.29 is 14.3 Å².